The quantitative estimate of drug-likeness (QED) is 0.626. The Balaban J connectivity index is 1.58. The molecular formula is C21H26O2. The summed E-state index contributed by atoms with van der Waals surface area (Å²) in [6, 6.07) is 0. The Morgan fingerprint density at radius 3 is 2.96 bits per heavy atom. The first-order valence-electron chi connectivity index (χ1n) is 9.34. The Morgan fingerprint density at radius 2 is 2.13 bits per heavy atom. The van der Waals surface area contributed by atoms with Crippen LogP contribution in [0.15, 0.2) is 29.5 Å². The van der Waals surface area contributed by atoms with Crippen LogP contribution in [0.25, 0.3) is 0 Å². The molecule has 0 aromatic carbocycles. The summed E-state index contributed by atoms with van der Waals surface area (Å²) in [7, 11) is 0. The maximum Gasteiger partial charge on any atom is 0.155 e. The van der Waals surface area contributed by atoms with Crippen LogP contribution in [0.2, 0.25) is 0 Å². The van der Waals surface area contributed by atoms with Gasteiger partial charge in [-0.25, -0.2) is 0 Å². The van der Waals surface area contributed by atoms with Crippen LogP contribution in [0, 0.1) is 28.6 Å². The van der Waals surface area contributed by atoms with Gasteiger partial charge in [-0.15, -0.1) is 5.73 Å². The predicted octanol–water partition coefficient (Wildman–Crippen LogP) is 4.22. The largest absolute Gasteiger partial charge is 0.373 e. The van der Waals surface area contributed by atoms with Crippen molar-refractivity contribution in [2.24, 2.45) is 28.6 Å². The number of ether oxygens (including phenoxy) is 1. The van der Waals surface area contributed by atoms with Crippen LogP contribution in [-0.2, 0) is 9.53 Å². The Kier molecular flexibility index (Phi) is 2.78. The van der Waals surface area contributed by atoms with E-state index in [0.717, 1.165) is 43.6 Å². The van der Waals surface area contributed by atoms with Crippen LogP contribution in [0.3, 0.4) is 0 Å². The Morgan fingerprint density at radius 1 is 1.26 bits per heavy atom. The lowest BCUT2D eigenvalue weighted by Gasteiger charge is -2.56. The highest BCUT2D eigenvalue weighted by Crippen LogP contribution is 2.68. The summed E-state index contributed by atoms with van der Waals surface area (Å²) in [5.74, 6) is 2.58. The van der Waals surface area contributed by atoms with Gasteiger partial charge in [-0.05, 0) is 78.9 Å². The van der Waals surface area contributed by atoms with Crippen molar-refractivity contribution >= 4 is 5.78 Å². The third kappa shape index (κ3) is 1.62. The zero-order valence-corrected chi connectivity index (χ0v) is 14.1. The summed E-state index contributed by atoms with van der Waals surface area (Å²) in [5, 5.41) is 0. The minimum Gasteiger partial charge on any atom is -0.373 e. The van der Waals surface area contributed by atoms with E-state index in [0.29, 0.717) is 11.2 Å². The summed E-state index contributed by atoms with van der Waals surface area (Å²) in [6.45, 7) is 7.29. The van der Waals surface area contributed by atoms with Gasteiger partial charge in [0.15, 0.2) is 5.78 Å². The van der Waals surface area contributed by atoms with E-state index in [1.165, 1.54) is 36.8 Å². The molecule has 0 radical (unpaired) electrons. The molecule has 4 unspecified atom stereocenters. The van der Waals surface area contributed by atoms with Gasteiger partial charge >= 0.3 is 0 Å². The van der Waals surface area contributed by atoms with Crippen LogP contribution in [0.5, 0.6) is 0 Å². The standard InChI is InChI=1S/C21H26O2/c1-3-13-4-5-16-15-11-19-18-10-14(22)6-9-21(18,12-23-19)17(15)7-8-20(13,16)2/h10,15-17,19H,1,4-9,11-12H2,2H3/t15?,16?,17?,19?,20-,21+/m1/s1. The fourth-order valence-electron chi connectivity index (χ4n) is 7.14. The SMILES string of the molecule is C=C=C1CCC2C3CC4OC[C@@]5(CCC(=O)C=C45)C3CC[C@]12C. The summed E-state index contributed by atoms with van der Waals surface area (Å²) in [4.78, 5) is 12.0. The average molecular weight is 310 g/mol. The Hall–Kier alpha value is -1.11. The van der Waals surface area contributed by atoms with E-state index in [1.807, 2.05) is 6.08 Å². The fourth-order valence-corrected chi connectivity index (χ4v) is 7.14. The maximum absolute atomic E-state index is 12.0. The third-order valence-electron chi connectivity index (χ3n) is 8.23. The summed E-state index contributed by atoms with van der Waals surface area (Å²) in [6.07, 6.45) is 10.1. The Bertz CT molecular complexity index is 667. The number of ketones is 1. The lowest BCUT2D eigenvalue weighted by Crippen LogP contribution is -2.51. The average Bonchev–Trinajstić information content (AvgIpc) is 3.01. The molecule has 0 N–H and O–H groups in total. The van der Waals surface area contributed by atoms with Crippen molar-refractivity contribution in [1.29, 1.82) is 0 Å². The molecule has 6 atom stereocenters. The van der Waals surface area contributed by atoms with Gasteiger partial charge in [0, 0.05) is 11.8 Å². The minimum atomic E-state index is 0.198. The molecule has 0 aromatic rings. The molecule has 0 spiro atoms. The number of fused-ring (bicyclic) bond motifs is 3. The molecule has 4 aliphatic carbocycles. The van der Waals surface area contributed by atoms with E-state index in [1.54, 1.807) is 0 Å². The lowest BCUT2D eigenvalue weighted by atomic mass is 9.47. The topological polar surface area (TPSA) is 26.3 Å². The molecule has 0 amide bonds. The van der Waals surface area contributed by atoms with Crippen molar-refractivity contribution in [1.82, 2.24) is 0 Å². The zero-order valence-electron chi connectivity index (χ0n) is 14.1. The summed E-state index contributed by atoms with van der Waals surface area (Å²) < 4.78 is 6.23. The van der Waals surface area contributed by atoms with Gasteiger partial charge in [0.2, 0.25) is 0 Å². The molecule has 5 rings (SSSR count). The van der Waals surface area contributed by atoms with E-state index in [-0.39, 0.29) is 11.5 Å². The number of hydrogen-bond acceptors (Lipinski definition) is 2. The molecule has 2 nitrogen and oxygen atoms in total. The minimum absolute atomic E-state index is 0.198. The molecular weight excluding hydrogens is 284 g/mol. The molecule has 0 aromatic heterocycles. The molecule has 1 aliphatic heterocycles. The highest BCUT2D eigenvalue weighted by Gasteiger charge is 2.63. The number of allylic oxidation sites excluding steroid dienone is 1. The normalized spacial score (nSPS) is 50.7. The van der Waals surface area contributed by atoms with Crippen LogP contribution >= 0.6 is 0 Å². The zero-order chi connectivity index (χ0) is 15.8. The van der Waals surface area contributed by atoms with Crippen LogP contribution < -0.4 is 0 Å². The van der Waals surface area contributed by atoms with E-state index >= 15 is 0 Å². The predicted molar refractivity (Wildman–Crippen MR) is 88.8 cm³/mol. The maximum atomic E-state index is 12.0. The number of carbonyl (C=O) groups excluding carboxylic acids is 1. The fraction of sp³-hybridized carbons (Fsp3) is 0.714. The highest BCUT2D eigenvalue weighted by molar-refractivity contribution is 5.92. The molecule has 1 heterocycles. The van der Waals surface area contributed by atoms with Crippen molar-refractivity contribution in [2.45, 2.75) is 58.0 Å². The second kappa shape index (κ2) is 4.49. The molecule has 3 saturated carbocycles. The number of hydrogen-bond donors (Lipinski definition) is 0. The van der Waals surface area contributed by atoms with E-state index in [9.17, 15) is 4.79 Å². The van der Waals surface area contributed by atoms with Crippen LogP contribution in [-0.4, -0.2) is 18.5 Å². The smallest absolute Gasteiger partial charge is 0.155 e. The van der Waals surface area contributed by atoms with Gasteiger partial charge in [0.1, 0.15) is 0 Å². The highest BCUT2D eigenvalue weighted by atomic mass is 16.5. The number of carbonyl (C=O) groups is 1. The molecule has 122 valence electrons. The van der Waals surface area contributed by atoms with Gasteiger partial charge in [-0.1, -0.05) is 13.5 Å². The van der Waals surface area contributed by atoms with E-state index < -0.39 is 0 Å². The van der Waals surface area contributed by atoms with Crippen molar-refractivity contribution in [3.05, 3.63) is 29.5 Å². The lowest BCUT2D eigenvalue weighted by molar-refractivity contribution is -0.116. The van der Waals surface area contributed by atoms with E-state index in [4.69, 9.17) is 4.74 Å². The first-order valence-corrected chi connectivity index (χ1v) is 9.34. The second-order valence-corrected chi connectivity index (χ2v) is 8.78. The number of rotatable bonds is 0. The third-order valence-corrected chi connectivity index (χ3v) is 8.23. The molecule has 1 saturated heterocycles. The van der Waals surface area contributed by atoms with Crippen LogP contribution in [0.4, 0.5) is 0 Å². The first-order chi connectivity index (χ1) is 11.1. The summed E-state index contributed by atoms with van der Waals surface area (Å²) in [5.41, 5.74) is 6.65. The monoisotopic (exact) mass is 310 g/mol. The van der Waals surface area contributed by atoms with Crippen molar-refractivity contribution < 1.29 is 9.53 Å². The second-order valence-electron chi connectivity index (χ2n) is 8.78. The van der Waals surface area contributed by atoms with Gasteiger partial charge in [0.25, 0.3) is 0 Å². The van der Waals surface area contributed by atoms with Gasteiger partial charge in [-0.2, -0.15) is 0 Å². The molecule has 23 heavy (non-hydrogen) atoms. The molecule has 2 bridgehead atoms. The van der Waals surface area contributed by atoms with Crippen molar-refractivity contribution in [3.8, 4) is 0 Å². The van der Waals surface area contributed by atoms with Crippen molar-refractivity contribution in [3.63, 3.8) is 0 Å². The van der Waals surface area contributed by atoms with Crippen molar-refractivity contribution in [2.75, 3.05) is 6.61 Å². The molecule has 2 heteroatoms. The van der Waals surface area contributed by atoms with Gasteiger partial charge in [-0.3, -0.25) is 4.79 Å². The molecule has 5 aliphatic rings. The first kappa shape index (κ1) is 14.3. The summed E-state index contributed by atoms with van der Waals surface area (Å²) >= 11 is 0. The van der Waals surface area contributed by atoms with Gasteiger partial charge < -0.3 is 4.74 Å². The molecule has 4 fully saturated rings. The Labute approximate surface area is 138 Å². The van der Waals surface area contributed by atoms with E-state index in [2.05, 4.69) is 19.2 Å². The van der Waals surface area contributed by atoms with Gasteiger partial charge in [0.05, 0.1) is 12.7 Å². The van der Waals surface area contributed by atoms with Crippen LogP contribution in [0.1, 0.15) is 51.9 Å².